The summed E-state index contributed by atoms with van der Waals surface area (Å²) in [7, 11) is 0. The van der Waals surface area contributed by atoms with Gasteiger partial charge in [-0.15, -0.1) is 0 Å². The van der Waals surface area contributed by atoms with Crippen LogP contribution < -0.4 is 5.32 Å². The molecule has 1 aliphatic rings. The molecule has 1 saturated carbocycles. The molecule has 0 radical (unpaired) electrons. The lowest BCUT2D eigenvalue weighted by atomic mass is 9.95. The van der Waals surface area contributed by atoms with Crippen molar-refractivity contribution in [2.45, 2.75) is 64.5 Å². The van der Waals surface area contributed by atoms with Gasteiger partial charge in [0, 0.05) is 6.61 Å². The third kappa shape index (κ3) is 4.58. The Balaban J connectivity index is 2.28. The number of ether oxygens (including phenoxy) is 2. The fourth-order valence-electron chi connectivity index (χ4n) is 2.16. The topological polar surface area (TPSA) is 47.6 Å². The molecule has 1 N–H and O–H groups in total. The molecule has 0 amide bonds. The highest BCUT2D eigenvalue weighted by molar-refractivity contribution is 5.80. The minimum absolute atomic E-state index is 0.157. The zero-order valence-electron chi connectivity index (χ0n) is 12.0. The molecule has 0 aromatic rings. The van der Waals surface area contributed by atoms with E-state index in [-0.39, 0.29) is 5.97 Å². The van der Waals surface area contributed by atoms with Crippen LogP contribution in [0.2, 0.25) is 0 Å². The second kappa shape index (κ2) is 7.74. The number of nitrogens with one attached hydrogen (secondary N) is 1. The normalized spacial score (nSPS) is 19.1. The molecule has 18 heavy (non-hydrogen) atoms. The van der Waals surface area contributed by atoms with E-state index in [0.717, 1.165) is 26.0 Å². The SMILES string of the molecule is CCNC(C)(CCCOC1CCC1)C(=O)OCC. The maximum atomic E-state index is 11.9. The van der Waals surface area contributed by atoms with Gasteiger partial charge in [0.05, 0.1) is 12.7 Å². The van der Waals surface area contributed by atoms with Gasteiger partial charge in [-0.25, -0.2) is 0 Å². The van der Waals surface area contributed by atoms with Crippen molar-refractivity contribution in [3.05, 3.63) is 0 Å². The Morgan fingerprint density at radius 3 is 2.61 bits per heavy atom. The number of rotatable bonds is 9. The van der Waals surface area contributed by atoms with E-state index in [0.29, 0.717) is 12.7 Å². The van der Waals surface area contributed by atoms with Gasteiger partial charge in [-0.1, -0.05) is 6.92 Å². The summed E-state index contributed by atoms with van der Waals surface area (Å²) in [4.78, 5) is 11.9. The van der Waals surface area contributed by atoms with Crippen LogP contribution in [0, 0.1) is 0 Å². The van der Waals surface area contributed by atoms with E-state index in [1.165, 1.54) is 19.3 Å². The third-order valence-electron chi connectivity index (χ3n) is 3.52. The maximum Gasteiger partial charge on any atom is 0.326 e. The van der Waals surface area contributed by atoms with Gasteiger partial charge in [-0.2, -0.15) is 0 Å². The summed E-state index contributed by atoms with van der Waals surface area (Å²) in [6, 6.07) is 0. The molecule has 4 heteroatoms. The van der Waals surface area contributed by atoms with Gasteiger partial charge in [0.15, 0.2) is 0 Å². The second-order valence-corrected chi connectivity index (χ2v) is 5.11. The number of likely N-dealkylation sites (N-methyl/N-ethyl adjacent to an activating group) is 1. The molecule has 0 bridgehead atoms. The first-order chi connectivity index (χ1) is 8.62. The molecule has 1 atom stereocenters. The molecular formula is C14H27NO3. The lowest BCUT2D eigenvalue weighted by molar-refractivity contribution is -0.151. The number of carbonyl (C=O) groups excluding carboxylic acids is 1. The third-order valence-corrected chi connectivity index (χ3v) is 3.52. The minimum atomic E-state index is -0.576. The fraction of sp³-hybridized carbons (Fsp3) is 0.929. The van der Waals surface area contributed by atoms with Crippen LogP contribution in [0.1, 0.15) is 52.9 Å². The van der Waals surface area contributed by atoms with Crippen LogP contribution >= 0.6 is 0 Å². The molecule has 0 aromatic carbocycles. The van der Waals surface area contributed by atoms with Crippen LogP contribution in [0.15, 0.2) is 0 Å². The van der Waals surface area contributed by atoms with Crippen LogP contribution in [0.4, 0.5) is 0 Å². The van der Waals surface area contributed by atoms with Crippen molar-refractivity contribution in [2.75, 3.05) is 19.8 Å². The van der Waals surface area contributed by atoms with Gasteiger partial charge in [0.25, 0.3) is 0 Å². The van der Waals surface area contributed by atoms with Gasteiger partial charge in [-0.3, -0.25) is 4.79 Å². The number of hydrogen-bond acceptors (Lipinski definition) is 4. The Kier molecular flexibility index (Phi) is 6.65. The number of esters is 1. The molecule has 0 spiro atoms. The Morgan fingerprint density at radius 2 is 2.11 bits per heavy atom. The molecule has 4 nitrogen and oxygen atoms in total. The quantitative estimate of drug-likeness (QED) is 0.508. The van der Waals surface area contributed by atoms with Crippen LogP contribution in [0.3, 0.4) is 0 Å². The van der Waals surface area contributed by atoms with Crippen LogP contribution in [0.5, 0.6) is 0 Å². The van der Waals surface area contributed by atoms with Crippen molar-refractivity contribution >= 4 is 5.97 Å². The predicted octanol–water partition coefficient (Wildman–Crippen LogP) is 2.27. The van der Waals surface area contributed by atoms with Gasteiger partial charge in [0.2, 0.25) is 0 Å². The van der Waals surface area contributed by atoms with E-state index in [1.54, 1.807) is 0 Å². The molecule has 0 aromatic heterocycles. The monoisotopic (exact) mass is 257 g/mol. The largest absolute Gasteiger partial charge is 0.465 e. The summed E-state index contributed by atoms with van der Waals surface area (Å²) in [5, 5.41) is 3.23. The summed E-state index contributed by atoms with van der Waals surface area (Å²) >= 11 is 0. The standard InChI is InChI=1S/C14H27NO3/c1-4-15-14(3,13(16)17-5-2)10-7-11-18-12-8-6-9-12/h12,15H,4-11H2,1-3H3. The lowest BCUT2D eigenvalue weighted by Crippen LogP contribution is -2.50. The van der Waals surface area contributed by atoms with Gasteiger partial charge < -0.3 is 14.8 Å². The number of carbonyl (C=O) groups is 1. The van der Waals surface area contributed by atoms with Crippen molar-refractivity contribution in [3.8, 4) is 0 Å². The fourth-order valence-corrected chi connectivity index (χ4v) is 2.16. The van der Waals surface area contributed by atoms with Crippen molar-refractivity contribution < 1.29 is 14.3 Å². The Labute approximate surface area is 110 Å². The lowest BCUT2D eigenvalue weighted by Gasteiger charge is -2.29. The van der Waals surface area contributed by atoms with Gasteiger partial charge >= 0.3 is 5.97 Å². The smallest absolute Gasteiger partial charge is 0.326 e. The summed E-state index contributed by atoms with van der Waals surface area (Å²) in [5.41, 5.74) is -0.576. The summed E-state index contributed by atoms with van der Waals surface area (Å²) < 4.78 is 10.8. The van der Waals surface area contributed by atoms with E-state index in [9.17, 15) is 4.79 Å². The molecule has 1 rings (SSSR count). The van der Waals surface area contributed by atoms with E-state index < -0.39 is 5.54 Å². The van der Waals surface area contributed by atoms with E-state index in [2.05, 4.69) is 5.32 Å². The average molecular weight is 257 g/mol. The van der Waals surface area contributed by atoms with Crippen molar-refractivity contribution in [1.29, 1.82) is 0 Å². The van der Waals surface area contributed by atoms with Crippen molar-refractivity contribution in [2.24, 2.45) is 0 Å². The highest BCUT2D eigenvalue weighted by atomic mass is 16.5. The van der Waals surface area contributed by atoms with Gasteiger partial charge in [-0.05, 0) is 52.5 Å². The van der Waals surface area contributed by atoms with E-state index >= 15 is 0 Å². The summed E-state index contributed by atoms with van der Waals surface area (Å²) in [6.07, 6.45) is 5.80. The second-order valence-electron chi connectivity index (χ2n) is 5.11. The first kappa shape index (κ1) is 15.4. The highest BCUT2D eigenvalue weighted by Gasteiger charge is 2.33. The van der Waals surface area contributed by atoms with Crippen molar-refractivity contribution in [1.82, 2.24) is 5.32 Å². The molecule has 0 saturated heterocycles. The zero-order chi connectivity index (χ0) is 13.4. The number of hydrogen-bond donors (Lipinski definition) is 1. The molecule has 1 fully saturated rings. The molecule has 1 unspecified atom stereocenters. The maximum absolute atomic E-state index is 11.9. The summed E-state index contributed by atoms with van der Waals surface area (Å²) in [6.45, 7) is 7.69. The molecule has 0 aliphatic heterocycles. The highest BCUT2D eigenvalue weighted by Crippen LogP contribution is 2.22. The van der Waals surface area contributed by atoms with E-state index in [4.69, 9.17) is 9.47 Å². The minimum Gasteiger partial charge on any atom is -0.465 e. The van der Waals surface area contributed by atoms with Crippen LogP contribution in [-0.4, -0.2) is 37.4 Å². The zero-order valence-corrected chi connectivity index (χ0v) is 12.0. The van der Waals surface area contributed by atoms with E-state index in [1.807, 2.05) is 20.8 Å². The van der Waals surface area contributed by atoms with Crippen molar-refractivity contribution in [3.63, 3.8) is 0 Å². The Hall–Kier alpha value is -0.610. The van der Waals surface area contributed by atoms with Gasteiger partial charge in [0.1, 0.15) is 5.54 Å². The Morgan fingerprint density at radius 1 is 1.39 bits per heavy atom. The van der Waals surface area contributed by atoms with Crippen LogP contribution in [-0.2, 0) is 14.3 Å². The first-order valence-electron chi connectivity index (χ1n) is 7.16. The van der Waals surface area contributed by atoms with Crippen LogP contribution in [0.25, 0.3) is 0 Å². The average Bonchev–Trinajstić information content (AvgIpc) is 2.27. The summed E-state index contributed by atoms with van der Waals surface area (Å²) in [5.74, 6) is -0.157. The molecule has 0 heterocycles. The molecule has 106 valence electrons. The Bertz CT molecular complexity index is 253. The molecule has 1 aliphatic carbocycles. The molecular weight excluding hydrogens is 230 g/mol. The first-order valence-corrected chi connectivity index (χ1v) is 7.16. The predicted molar refractivity (Wildman–Crippen MR) is 71.5 cm³/mol.